The number of nitrogens with two attached hydrogens (primary N) is 1. The average Bonchev–Trinajstić information content (AvgIpc) is 3.18. The zero-order valence-electron chi connectivity index (χ0n) is 14.4. The van der Waals surface area contributed by atoms with Gasteiger partial charge in [0.2, 0.25) is 5.91 Å². The van der Waals surface area contributed by atoms with E-state index in [1.165, 1.54) is 0 Å². The number of aromatic amines is 1. The second-order valence-corrected chi connectivity index (χ2v) is 6.31. The molecule has 134 valence electrons. The van der Waals surface area contributed by atoms with Crippen molar-refractivity contribution in [3.63, 3.8) is 0 Å². The largest absolute Gasteiger partial charge is 0.355 e. The van der Waals surface area contributed by atoms with Crippen LogP contribution in [0.15, 0.2) is 12.5 Å². The lowest BCUT2D eigenvalue weighted by Crippen LogP contribution is -2.42. The highest BCUT2D eigenvalue weighted by Gasteiger charge is 2.20. The summed E-state index contributed by atoms with van der Waals surface area (Å²) >= 11 is 0. The molecule has 0 aromatic carbocycles. The number of carbonyl (C=O) groups excluding carboxylic acids is 1. The molecule has 1 aromatic rings. The zero-order valence-corrected chi connectivity index (χ0v) is 14.4. The summed E-state index contributed by atoms with van der Waals surface area (Å²) in [5.74, 6) is 0.514. The molecule has 1 aliphatic heterocycles. The van der Waals surface area contributed by atoms with Gasteiger partial charge in [0.1, 0.15) is 0 Å². The first-order valence-electron chi connectivity index (χ1n) is 8.63. The van der Waals surface area contributed by atoms with Crippen molar-refractivity contribution in [2.45, 2.75) is 38.1 Å². The van der Waals surface area contributed by atoms with Gasteiger partial charge < -0.3 is 25.8 Å². The van der Waals surface area contributed by atoms with Crippen LogP contribution in [0.1, 0.15) is 31.4 Å². The van der Waals surface area contributed by atoms with Crippen LogP contribution in [0, 0.1) is 5.41 Å². The minimum atomic E-state index is -0.550. The smallest absolute Gasteiger partial charge is 0.237 e. The molecule has 2 heterocycles. The lowest BCUT2D eigenvalue weighted by Gasteiger charge is -2.18. The molecule has 0 saturated carbocycles. The Morgan fingerprint density at radius 1 is 1.42 bits per heavy atom. The van der Waals surface area contributed by atoms with E-state index in [4.69, 9.17) is 11.1 Å². The van der Waals surface area contributed by atoms with Crippen LogP contribution in [0.4, 0.5) is 0 Å². The number of likely N-dealkylation sites (N-methyl/N-ethyl adjacent to an activating group) is 1. The predicted octanol–water partition coefficient (Wildman–Crippen LogP) is 0.138. The summed E-state index contributed by atoms with van der Waals surface area (Å²) in [4.78, 5) is 22.9. The first kappa shape index (κ1) is 18.3. The number of hydrogen-bond acceptors (Lipinski definition) is 4. The minimum absolute atomic E-state index is 0.119. The molecule has 0 bridgehead atoms. The summed E-state index contributed by atoms with van der Waals surface area (Å²) in [6.45, 7) is 3.52. The number of amides is 1. The second kappa shape index (κ2) is 9.27. The molecule has 1 atom stereocenters. The van der Waals surface area contributed by atoms with E-state index in [2.05, 4.69) is 20.2 Å². The van der Waals surface area contributed by atoms with Crippen LogP contribution in [0.5, 0.6) is 0 Å². The van der Waals surface area contributed by atoms with Crippen LogP contribution >= 0.6 is 0 Å². The van der Waals surface area contributed by atoms with Crippen molar-refractivity contribution in [2.24, 2.45) is 5.73 Å². The Kier molecular flexibility index (Phi) is 7.05. The summed E-state index contributed by atoms with van der Waals surface area (Å²) in [7, 11) is 1.96. The van der Waals surface area contributed by atoms with E-state index in [0.717, 1.165) is 51.0 Å². The number of rotatable bonds is 10. The lowest BCUT2D eigenvalue weighted by atomic mass is 10.1. The minimum Gasteiger partial charge on any atom is -0.355 e. The lowest BCUT2D eigenvalue weighted by molar-refractivity contribution is -0.122. The normalized spacial score (nSPS) is 15.8. The van der Waals surface area contributed by atoms with Gasteiger partial charge >= 0.3 is 0 Å². The molecule has 8 nitrogen and oxygen atoms in total. The van der Waals surface area contributed by atoms with Gasteiger partial charge in [-0.1, -0.05) is 12.8 Å². The van der Waals surface area contributed by atoms with Crippen molar-refractivity contribution in [2.75, 3.05) is 33.2 Å². The summed E-state index contributed by atoms with van der Waals surface area (Å²) in [5, 5.41) is 10.8. The molecule has 1 aliphatic rings. The number of carbonyl (C=O) groups is 1. The fraction of sp³-hybridized carbons (Fsp3) is 0.688. The van der Waals surface area contributed by atoms with Gasteiger partial charge in [-0.2, -0.15) is 0 Å². The number of guanidine groups is 1. The molecule has 1 amide bonds. The van der Waals surface area contributed by atoms with Crippen LogP contribution in [0.2, 0.25) is 0 Å². The summed E-state index contributed by atoms with van der Waals surface area (Å²) < 4.78 is 0. The standard InChI is InChI=1S/C16H29N7O/c1-22-8-9-23(16(22)18)7-5-3-2-4-6-20-15(24)14(17)10-13-11-19-12-21-13/h11-12,14,18H,2-10,17H2,1H3,(H,19,21)(H,20,24). The van der Waals surface area contributed by atoms with E-state index in [-0.39, 0.29) is 5.91 Å². The molecule has 0 spiro atoms. The highest BCUT2D eigenvalue weighted by atomic mass is 16.2. The molecule has 1 unspecified atom stereocenters. The van der Waals surface area contributed by atoms with Crippen LogP contribution in [0.25, 0.3) is 0 Å². The highest BCUT2D eigenvalue weighted by Crippen LogP contribution is 2.08. The zero-order chi connectivity index (χ0) is 17.4. The molecule has 0 radical (unpaired) electrons. The molecule has 1 aromatic heterocycles. The van der Waals surface area contributed by atoms with Crippen LogP contribution in [-0.2, 0) is 11.2 Å². The number of nitrogens with one attached hydrogen (secondary N) is 3. The number of H-pyrrole nitrogens is 1. The van der Waals surface area contributed by atoms with E-state index < -0.39 is 6.04 Å². The van der Waals surface area contributed by atoms with Gasteiger partial charge in [-0.25, -0.2) is 4.98 Å². The van der Waals surface area contributed by atoms with E-state index in [1.54, 1.807) is 12.5 Å². The second-order valence-electron chi connectivity index (χ2n) is 6.31. The molecular formula is C16H29N7O. The SMILES string of the molecule is CN1CCN(CCCCCCNC(=O)C(N)Cc2c[nH]cn2)C1=N. The van der Waals surface area contributed by atoms with Crippen molar-refractivity contribution in [1.29, 1.82) is 5.41 Å². The number of imidazole rings is 1. The topological polar surface area (TPSA) is 114 Å². The van der Waals surface area contributed by atoms with Gasteiger partial charge in [-0.05, 0) is 12.8 Å². The first-order valence-corrected chi connectivity index (χ1v) is 8.63. The Balaban J connectivity index is 1.47. The Bertz CT molecular complexity index is 517. The fourth-order valence-electron chi connectivity index (χ4n) is 2.79. The monoisotopic (exact) mass is 335 g/mol. The van der Waals surface area contributed by atoms with Crippen molar-refractivity contribution in [3.05, 3.63) is 18.2 Å². The summed E-state index contributed by atoms with van der Waals surface area (Å²) in [6, 6.07) is -0.550. The molecule has 5 N–H and O–H groups in total. The van der Waals surface area contributed by atoms with E-state index in [0.29, 0.717) is 18.9 Å². The maximum absolute atomic E-state index is 11.9. The van der Waals surface area contributed by atoms with Gasteiger partial charge in [0, 0.05) is 45.8 Å². The maximum Gasteiger partial charge on any atom is 0.237 e. The molecule has 0 aliphatic carbocycles. The molecule has 1 fully saturated rings. The molecule has 2 rings (SSSR count). The maximum atomic E-state index is 11.9. The van der Waals surface area contributed by atoms with E-state index in [1.807, 2.05) is 11.9 Å². The third kappa shape index (κ3) is 5.52. The van der Waals surface area contributed by atoms with E-state index >= 15 is 0 Å². The van der Waals surface area contributed by atoms with Gasteiger partial charge in [-0.3, -0.25) is 10.2 Å². The summed E-state index contributed by atoms with van der Waals surface area (Å²) in [6.07, 6.45) is 8.02. The Labute approximate surface area is 143 Å². The van der Waals surface area contributed by atoms with Crippen LogP contribution in [-0.4, -0.2) is 70.9 Å². The van der Waals surface area contributed by atoms with E-state index in [9.17, 15) is 4.79 Å². The third-order valence-corrected chi connectivity index (χ3v) is 4.34. The first-order chi connectivity index (χ1) is 11.6. The van der Waals surface area contributed by atoms with Crippen LogP contribution in [0.3, 0.4) is 0 Å². The van der Waals surface area contributed by atoms with Crippen molar-refractivity contribution < 1.29 is 4.79 Å². The average molecular weight is 335 g/mol. The fourth-order valence-corrected chi connectivity index (χ4v) is 2.79. The van der Waals surface area contributed by atoms with Crippen molar-refractivity contribution >= 4 is 11.9 Å². The van der Waals surface area contributed by atoms with Crippen molar-refractivity contribution in [3.8, 4) is 0 Å². The number of unbranched alkanes of at least 4 members (excludes halogenated alkanes) is 3. The van der Waals surface area contributed by atoms with Gasteiger partial charge in [0.15, 0.2) is 5.96 Å². The molecule has 1 saturated heterocycles. The molecule has 8 heteroatoms. The summed E-state index contributed by atoms with van der Waals surface area (Å²) in [5.41, 5.74) is 6.67. The number of hydrogen-bond donors (Lipinski definition) is 4. The van der Waals surface area contributed by atoms with Gasteiger partial charge in [-0.15, -0.1) is 0 Å². The predicted molar refractivity (Wildman–Crippen MR) is 93.7 cm³/mol. The van der Waals surface area contributed by atoms with Gasteiger partial charge in [0.25, 0.3) is 0 Å². The Morgan fingerprint density at radius 3 is 2.88 bits per heavy atom. The quantitative estimate of drug-likeness (QED) is 0.454. The molecular weight excluding hydrogens is 306 g/mol. The van der Waals surface area contributed by atoms with Gasteiger partial charge in [0.05, 0.1) is 18.1 Å². The number of nitrogens with zero attached hydrogens (tertiary/aromatic N) is 3. The Hall–Kier alpha value is -2.09. The highest BCUT2D eigenvalue weighted by molar-refractivity contribution is 5.81. The Morgan fingerprint density at radius 2 is 2.21 bits per heavy atom. The van der Waals surface area contributed by atoms with Crippen LogP contribution < -0.4 is 11.1 Å². The third-order valence-electron chi connectivity index (χ3n) is 4.34. The number of aromatic nitrogens is 2. The van der Waals surface area contributed by atoms with Crippen molar-refractivity contribution in [1.82, 2.24) is 25.1 Å². The molecule has 24 heavy (non-hydrogen) atoms.